The van der Waals surface area contributed by atoms with E-state index in [0.717, 1.165) is 24.5 Å². The minimum absolute atomic E-state index is 0.00264. The van der Waals surface area contributed by atoms with Crippen LogP contribution in [0.5, 0.6) is 0 Å². The fraction of sp³-hybridized carbons (Fsp3) is 0.579. The molecule has 2 aliphatic heterocycles. The average molecular weight is 412 g/mol. The summed E-state index contributed by atoms with van der Waals surface area (Å²) in [5.74, 6) is 0.310. The Morgan fingerprint density at radius 2 is 2.30 bits per heavy atom. The number of ether oxygens (including phenoxy) is 1. The van der Waals surface area contributed by atoms with Gasteiger partial charge in [-0.05, 0) is 24.1 Å². The maximum absolute atomic E-state index is 12.3. The van der Waals surface area contributed by atoms with Crippen molar-refractivity contribution in [1.82, 2.24) is 10.2 Å². The van der Waals surface area contributed by atoms with Crippen molar-refractivity contribution in [2.75, 3.05) is 38.1 Å². The summed E-state index contributed by atoms with van der Waals surface area (Å²) in [7, 11) is 0. The summed E-state index contributed by atoms with van der Waals surface area (Å²) in [5, 5.41) is 5.88. The van der Waals surface area contributed by atoms with Crippen LogP contribution in [-0.2, 0) is 14.3 Å². The molecule has 6 nitrogen and oxygen atoms in total. The van der Waals surface area contributed by atoms with Crippen molar-refractivity contribution in [3.05, 3.63) is 23.2 Å². The lowest BCUT2D eigenvalue weighted by atomic mass is 10.1. The summed E-state index contributed by atoms with van der Waals surface area (Å²) in [4.78, 5) is 27.9. The van der Waals surface area contributed by atoms with Crippen LogP contribution in [0, 0.1) is 5.92 Å². The second-order valence-electron chi connectivity index (χ2n) is 7.39. The van der Waals surface area contributed by atoms with E-state index in [-0.39, 0.29) is 24.3 Å². The van der Waals surface area contributed by atoms with E-state index in [1.54, 1.807) is 12.1 Å². The van der Waals surface area contributed by atoms with Crippen molar-refractivity contribution in [2.24, 2.45) is 5.92 Å². The molecule has 27 heavy (non-hydrogen) atoms. The highest BCUT2D eigenvalue weighted by atomic mass is 35.5. The highest BCUT2D eigenvalue weighted by molar-refractivity contribution is 8.01. The molecular weight excluding hydrogens is 386 g/mol. The molecule has 2 atom stereocenters. The highest BCUT2D eigenvalue weighted by Crippen LogP contribution is 2.38. The molecule has 2 unspecified atom stereocenters. The number of anilines is 1. The molecule has 2 heterocycles. The van der Waals surface area contributed by atoms with Crippen LogP contribution in [0.2, 0.25) is 5.02 Å². The van der Waals surface area contributed by atoms with Crippen molar-refractivity contribution in [2.45, 2.75) is 36.5 Å². The zero-order chi connectivity index (χ0) is 19.4. The minimum atomic E-state index is -0.441. The molecule has 0 radical (unpaired) electrons. The Labute approximate surface area is 169 Å². The molecule has 0 spiro atoms. The topological polar surface area (TPSA) is 70.7 Å². The van der Waals surface area contributed by atoms with Gasteiger partial charge in [0.25, 0.3) is 0 Å². The van der Waals surface area contributed by atoms with Gasteiger partial charge in [-0.3, -0.25) is 14.5 Å². The van der Waals surface area contributed by atoms with Crippen LogP contribution in [0.4, 0.5) is 5.69 Å². The number of halogens is 1. The lowest BCUT2D eigenvalue weighted by molar-refractivity contribution is -0.124. The predicted octanol–water partition coefficient (Wildman–Crippen LogP) is 2.62. The average Bonchev–Trinajstić information content (AvgIpc) is 2.60. The summed E-state index contributed by atoms with van der Waals surface area (Å²) in [6.45, 7) is 8.36. The molecule has 0 aliphatic carbocycles. The van der Waals surface area contributed by atoms with Gasteiger partial charge in [-0.15, -0.1) is 11.8 Å². The number of carbonyl (C=O) groups excluding carboxylic acids is 2. The number of hydrogen-bond donors (Lipinski definition) is 2. The van der Waals surface area contributed by atoms with Gasteiger partial charge in [0.05, 0.1) is 23.6 Å². The van der Waals surface area contributed by atoms with E-state index in [0.29, 0.717) is 29.8 Å². The maximum atomic E-state index is 12.3. The summed E-state index contributed by atoms with van der Waals surface area (Å²) in [6, 6.07) is 5.37. The smallest absolute Gasteiger partial charge is 0.238 e. The van der Waals surface area contributed by atoms with Gasteiger partial charge in [0.15, 0.2) is 0 Å². The monoisotopic (exact) mass is 411 g/mol. The normalized spacial score (nSPS) is 23.0. The number of hydrogen-bond acceptors (Lipinski definition) is 5. The van der Waals surface area contributed by atoms with E-state index in [1.807, 2.05) is 6.07 Å². The summed E-state index contributed by atoms with van der Waals surface area (Å²) < 4.78 is 5.76. The zero-order valence-electron chi connectivity index (χ0n) is 15.7. The van der Waals surface area contributed by atoms with Gasteiger partial charge in [-0.1, -0.05) is 25.4 Å². The molecule has 1 fully saturated rings. The van der Waals surface area contributed by atoms with Crippen LogP contribution in [0.3, 0.4) is 0 Å². The van der Waals surface area contributed by atoms with Crippen molar-refractivity contribution in [1.29, 1.82) is 0 Å². The summed E-state index contributed by atoms with van der Waals surface area (Å²) >= 11 is 7.36. The lowest BCUT2D eigenvalue weighted by Gasteiger charge is -2.34. The zero-order valence-corrected chi connectivity index (χ0v) is 17.2. The standard InChI is InChI=1S/C19H26ClN3O3S/c1-12(2)10-23-5-6-26-14(11-23)9-21-18(24)8-17-19(25)22-15-7-13(20)3-4-16(15)27-17/h3-4,7,12,14,17H,5-6,8-11H2,1-2H3,(H,21,24)(H,22,25). The molecule has 0 aromatic heterocycles. The first-order valence-corrected chi connectivity index (χ1v) is 10.5. The fourth-order valence-electron chi connectivity index (χ4n) is 3.31. The lowest BCUT2D eigenvalue weighted by Crippen LogP contribution is -2.48. The summed E-state index contributed by atoms with van der Waals surface area (Å²) in [5.41, 5.74) is 0.704. The number of rotatable bonds is 6. The molecule has 2 N–H and O–H groups in total. The predicted molar refractivity (Wildman–Crippen MR) is 108 cm³/mol. The molecule has 1 aromatic rings. The second-order valence-corrected chi connectivity index (χ2v) is 9.07. The fourth-order valence-corrected chi connectivity index (χ4v) is 4.57. The van der Waals surface area contributed by atoms with Crippen LogP contribution < -0.4 is 10.6 Å². The number of carbonyl (C=O) groups is 2. The maximum Gasteiger partial charge on any atom is 0.238 e. The number of morpholine rings is 1. The van der Waals surface area contributed by atoms with Gasteiger partial charge in [0, 0.05) is 42.5 Å². The first-order chi connectivity index (χ1) is 12.9. The number of benzene rings is 1. The molecule has 0 bridgehead atoms. The van der Waals surface area contributed by atoms with Gasteiger partial charge in [-0.25, -0.2) is 0 Å². The summed E-state index contributed by atoms with van der Waals surface area (Å²) in [6.07, 6.45) is 0.137. The van der Waals surface area contributed by atoms with Gasteiger partial charge in [-0.2, -0.15) is 0 Å². The van der Waals surface area contributed by atoms with Gasteiger partial charge >= 0.3 is 0 Å². The Morgan fingerprint density at radius 3 is 3.07 bits per heavy atom. The number of nitrogens with one attached hydrogen (secondary N) is 2. The Morgan fingerprint density at radius 1 is 1.48 bits per heavy atom. The molecule has 148 valence electrons. The SMILES string of the molecule is CC(C)CN1CCOC(CNC(=O)CC2Sc3ccc(Cl)cc3NC2=O)C1. The molecule has 0 saturated carbocycles. The Bertz CT molecular complexity index is 701. The molecule has 2 aliphatic rings. The Balaban J connectivity index is 1.47. The van der Waals surface area contributed by atoms with Gasteiger partial charge < -0.3 is 15.4 Å². The first kappa shape index (κ1) is 20.5. The number of amides is 2. The largest absolute Gasteiger partial charge is 0.374 e. The van der Waals surface area contributed by atoms with Crippen molar-refractivity contribution in [3.8, 4) is 0 Å². The van der Waals surface area contributed by atoms with E-state index >= 15 is 0 Å². The second kappa shape index (κ2) is 9.28. The van der Waals surface area contributed by atoms with Crippen molar-refractivity contribution in [3.63, 3.8) is 0 Å². The molecular formula is C19H26ClN3O3S. The van der Waals surface area contributed by atoms with Crippen molar-refractivity contribution < 1.29 is 14.3 Å². The molecule has 8 heteroatoms. The minimum Gasteiger partial charge on any atom is -0.374 e. The molecule has 1 saturated heterocycles. The van der Waals surface area contributed by atoms with Crippen molar-refractivity contribution >= 4 is 40.9 Å². The third-order valence-electron chi connectivity index (χ3n) is 4.51. The highest BCUT2D eigenvalue weighted by Gasteiger charge is 2.29. The van der Waals surface area contributed by atoms with Gasteiger partial charge in [0.1, 0.15) is 0 Å². The quantitative estimate of drug-likeness (QED) is 0.753. The third kappa shape index (κ3) is 5.85. The number of fused-ring (bicyclic) bond motifs is 1. The number of nitrogens with zero attached hydrogens (tertiary/aromatic N) is 1. The first-order valence-electron chi connectivity index (χ1n) is 9.28. The molecule has 2 amide bonds. The molecule has 1 aromatic carbocycles. The van der Waals surface area contributed by atoms with Crippen LogP contribution in [0.25, 0.3) is 0 Å². The Hall–Kier alpha value is -1.28. The number of thioether (sulfide) groups is 1. The van der Waals surface area contributed by atoms with Crippen LogP contribution in [-0.4, -0.2) is 60.9 Å². The van der Waals surface area contributed by atoms with Crippen LogP contribution in [0.15, 0.2) is 23.1 Å². The van der Waals surface area contributed by atoms with Crippen LogP contribution >= 0.6 is 23.4 Å². The van der Waals surface area contributed by atoms with E-state index in [9.17, 15) is 9.59 Å². The van der Waals surface area contributed by atoms with E-state index in [1.165, 1.54) is 11.8 Å². The van der Waals surface area contributed by atoms with E-state index in [4.69, 9.17) is 16.3 Å². The Kier molecular flexibility index (Phi) is 7.03. The molecule has 3 rings (SSSR count). The third-order valence-corrected chi connectivity index (χ3v) is 6.02. The van der Waals surface area contributed by atoms with E-state index in [2.05, 4.69) is 29.4 Å². The van der Waals surface area contributed by atoms with Gasteiger partial charge in [0.2, 0.25) is 11.8 Å². The van der Waals surface area contributed by atoms with Crippen LogP contribution in [0.1, 0.15) is 20.3 Å². The van der Waals surface area contributed by atoms with E-state index < -0.39 is 5.25 Å².